The van der Waals surface area contributed by atoms with Gasteiger partial charge in [0.2, 0.25) is 0 Å². The van der Waals surface area contributed by atoms with Crippen LogP contribution in [0, 0.1) is 5.92 Å². The Morgan fingerprint density at radius 3 is 2.47 bits per heavy atom. The molecule has 0 saturated carbocycles. The van der Waals surface area contributed by atoms with E-state index in [-0.39, 0.29) is 0 Å². The molecule has 0 spiro atoms. The molecule has 0 amide bonds. The highest BCUT2D eigenvalue weighted by molar-refractivity contribution is 4.88. The van der Waals surface area contributed by atoms with Crippen LogP contribution in [0.3, 0.4) is 0 Å². The van der Waals surface area contributed by atoms with Crippen molar-refractivity contribution in [3.8, 4) is 0 Å². The molecule has 1 atom stereocenters. The quantitative estimate of drug-likeness (QED) is 0.632. The first-order valence-corrected chi connectivity index (χ1v) is 6.55. The highest BCUT2D eigenvalue weighted by Gasteiger charge is 2.32. The van der Waals surface area contributed by atoms with Gasteiger partial charge < -0.3 is 10.6 Å². The van der Waals surface area contributed by atoms with Gasteiger partial charge in [-0.1, -0.05) is 6.92 Å². The summed E-state index contributed by atoms with van der Waals surface area (Å²) in [5, 5.41) is 6.91. The number of nitrogens with zero attached hydrogens (tertiary/aromatic N) is 1. The first kappa shape index (κ1) is 11.4. The van der Waals surface area contributed by atoms with E-state index in [1.807, 2.05) is 0 Å². The largest absolute Gasteiger partial charge is 0.316 e. The van der Waals surface area contributed by atoms with Crippen LogP contribution in [0.1, 0.15) is 26.2 Å². The van der Waals surface area contributed by atoms with Crippen LogP contribution in [0.25, 0.3) is 0 Å². The van der Waals surface area contributed by atoms with Gasteiger partial charge in [0.15, 0.2) is 0 Å². The smallest absolute Gasteiger partial charge is 0.0223 e. The average Bonchev–Trinajstić information content (AvgIpc) is 2.30. The molecule has 0 radical (unpaired) electrons. The van der Waals surface area contributed by atoms with Crippen LogP contribution in [-0.4, -0.2) is 50.2 Å². The summed E-state index contributed by atoms with van der Waals surface area (Å²) in [6.45, 7) is 9.36. The normalized spacial score (nSPS) is 34.6. The first-order valence-electron chi connectivity index (χ1n) is 6.55. The Morgan fingerprint density at radius 1 is 1.13 bits per heavy atom. The summed E-state index contributed by atoms with van der Waals surface area (Å²) in [6, 6.07) is 0.833. The van der Waals surface area contributed by atoms with Crippen LogP contribution < -0.4 is 10.6 Å². The predicted octanol–water partition coefficient (Wildman–Crippen LogP) is 0.670. The van der Waals surface area contributed by atoms with Gasteiger partial charge in [-0.2, -0.15) is 0 Å². The number of likely N-dealkylation sites (N-methyl/N-ethyl adjacent to an activating group) is 1. The summed E-state index contributed by atoms with van der Waals surface area (Å²) in [5.74, 6) is 1.04. The van der Waals surface area contributed by atoms with Gasteiger partial charge in [-0.25, -0.2) is 0 Å². The van der Waals surface area contributed by atoms with Crippen LogP contribution in [-0.2, 0) is 0 Å². The number of hydrogen-bond donors (Lipinski definition) is 2. The van der Waals surface area contributed by atoms with E-state index in [1.165, 1.54) is 38.9 Å². The van der Waals surface area contributed by atoms with Gasteiger partial charge in [-0.15, -0.1) is 0 Å². The zero-order chi connectivity index (χ0) is 10.5. The lowest BCUT2D eigenvalue weighted by Gasteiger charge is -2.45. The topological polar surface area (TPSA) is 27.3 Å². The fourth-order valence-corrected chi connectivity index (χ4v) is 2.92. The molecular formula is C12H25N3. The summed E-state index contributed by atoms with van der Waals surface area (Å²) in [7, 11) is 0. The average molecular weight is 211 g/mol. The van der Waals surface area contributed by atoms with Crippen molar-refractivity contribution in [1.29, 1.82) is 0 Å². The fraction of sp³-hybridized carbons (Fsp3) is 1.00. The molecule has 3 heteroatoms. The van der Waals surface area contributed by atoms with Crippen molar-refractivity contribution < 1.29 is 0 Å². The summed E-state index contributed by atoms with van der Waals surface area (Å²) >= 11 is 0. The Morgan fingerprint density at radius 2 is 1.87 bits per heavy atom. The van der Waals surface area contributed by atoms with Gasteiger partial charge in [-0.05, 0) is 44.8 Å². The Kier molecular flexibility index (Phi) is 4.42. The molecule has 2 bridgehead atoms. The van der Waals surface area contributed by atoms with E-state index in [1.54, 1.807) is 0 Å². The van der Waals surface area contributed by atoms with Gasteiger partial charge in [0, 0.05) is 25.7 Å². The first-order chi connectivity index (χ1) is 7.40. The van der Waals surface area contributed by atoms with E-state index < -0.39 is 0 Å². The lowest BCUT2D eigenvalue weighted by atomic mass is 9.83. The van der Waals surface area contributed by atoms with Crippen LogP contribution in [0.2, 0.25) is 0 Å². The molecule has 0 aromatic carbocycles. The molecular weight excluding hydrogens is 186 g/mol. The fourth-order valence-electron chi connectivity index (χ4n) is 2.92. The molecule has 3 aliphatic rings. The van der Waals surface area contributed by atoms with Gasteiger partial charge in [0.1, 0.15) is 0 Å². The highest BCUT2D eigenvalue weighted by Crippen LogP contribution is 2.31. The standard InChI is InChI=1S/C12H25N3/c1-2-13-5-6-14-10-12-9-11-3-7-15(12)8-4-11/h11-14H,2-10H2,1H3. The molecule has 3 heterocycles. The molecule has 3 saturated heterocycles. The van der Waals surface area contributed by atoms with Crippen molar-refractivity contribution in [3.63, 3.8) is 0 Å². The molecule has 2 N–H and O–H groups in total. The molecule has 3 aliphatic heterocycles. The minimum Gasteiger partial charge on any atom is -0.316 e. The Labute approximate surface area is 93.6 Å². The lowest BCUT2D eigenvalue weighted by Crippen LogP contribution is -2.52. The summed E-state index contributed by atoms with van der Waals surface area (Å²) < 4.78 is 0. The van der Waals surface area contributed by atoms with Crippen molar-refractivity contribution in [1.82, 2.24) is 15.5 Å². The Bertz CT molecular complexity index is 176. The second kappa shape index (κ2) is 5.83. The minimum atomic E-state index is 0.833. The third-order valence-electron chi connectivity index (χ3n) is 3.88. The maximum Gasteiger partial charge on any atom is 0.0223 e. The molecule has 0 aromatic heterocycles. The van der Waals surface area contributed by atoms with Gasteiger partial charge >= 0.3 is 0 Å². The van der Waals surface area contributed by atoms with Crippen molar-refractivity contribution in [2.45, 2.75) is 32.2 Å². The molecule has 88 valence electrons. The third-order valence-corrected chi connectivity index (χ3v) is 3.88. The van der Waals surface area contributed by atoms with Gasteiger partial charge in [0.05, 0.1) is 0 Å². The molecule has 0 aromatic rings. The van der Waals surface area contributed by atoms with Gasteiger partial charge in [0.25, 0.3) is 0 Å². The van der Waals surface area contributed by atoms with Gasteiger partial charge in [-0.3, -0.25) is 4.90 Å². The third kappa shape index (κ3) is 3.16. The van der Waals surface area contributed by atoms with Crippen LogP contribution >= 0.6 is 0 Å². The maximum atomic E-state index is 3.57. The van der Waals surface area contributed by atoms with Crippen LogP contribution in [0.4, 0.5) is 0 Å². The van der Waals surface area contributed by atoms with Crippen LogP contribution in [0.15, 0.2) is 0 Å². The Balaban J connectivity index is 1.59. The van der Waals surface area contributed by atoms with E-state index >= 15 is 0 Å². The minimum absolute atomic E-state index is 0.833. The molecule has 1 unspecified atom stereocenters. The lowest BCUT2D eigenvalue weighted by molar-refractivity contribution is 0.0498. The summed E-state index contributed by atoms with van der Waals surface area (Å²) in [5.41, 5.74) is 0. The zero-order valence-electron chi connectivity index (χ0n) is 9.97. The summed E-state index contributed by atoms with van der Waals surface area (Å²) in [4.78, 5) is 2.68. The number of nitrogens with one attached hydrogen (secondary N) is 2. The van der Waals surface area contributed by atoms with Crippen molar-refractivity contribution >= 4 is 0 Å². The molecule has 3 nitrogen and oxygen atoms in total. The number of fused-ring (bicyclic) bond motifs is 3. The molecule has 0 aliphatic carbocycles. The van der Waals surface area contributed by atoms with Crippen LogP contribution in [0.5, 0.6) is 0 Å². The monoisotopic (exact) mass is 211 g/mol. The van der Waals surface area contributed by atoms with Crippen molar-refractivity contribution in [3.05, 3.63) is 0 Å². The number of rotatable bonds is 6. The van der Waals surface area contributed by atoms with E-state index in [0.717, 1.165) is 31.6 Å². The number of hydrogen-bond acceptors (Lipinski definition) is 3. The molecule has 3 rings (SSSR count). The van der Waals surface area contributed by atoms with E-state index in [0.29, 0.717) is 0 Å². The maximum absolute atomic E-state index is 3.57. The predicted molar refractivity (Wildman–Crippen MR) is 64.1 cm³/mol. The van der Waals surface area contributed by atoms with Crippen molar-refractivity contribution in [2.24, 2.45) is 5.92 Å². The van der Waals surface area contributed by atoms with Crippen molar-refractivity contribution in [2.75, 3.05) is 39.3 Å². The molecule has 3 fully saturated rings. The van der Waals surface area contributed by atoms with E-state index in [9.17, 15) is 0 Å². The SMILES string of the molecule is CCNCCNCC1CC2CCN1CC2. The van der Waals surface area contributed by atoms with E-state index in [2.05, 4.69) is 22.5 Å². The highest BCUT2D eigenvalue weighted by atomic mass is 15.2. The second-order valence-electron chi connectivity index (χ2n) is 4.93. The zero-order valence-corrected chi connectivity index (χ0v) is 9.97. The Hall–Kier alpha value is -0.120. The summed E-state index contributed by atoms with van der Waals surface area (Å²) in [6.07, 6.45) is 4.34. The molecule has 15 heavy (non-hydrogen) atoms. The second-order valence-corrected chi connectivity index (χ2v) is 4.93. The number of piperidine rings is 3. The van der Waals surface area contributed by atoms with E-state index in [4.69, 9.17) is 0 Å².